The van der Waals surface area contributed by atoms with Crippen molar-refractivity contribution in [2.75, 3.05) is 13.6 Å². The molecule has 0 unspecified atom stereocenters. The third-order valence-electron chi connectivity index (χ3n) is 3.58. The van der Waals surface area contributed by atoms with Gasteiger partial charge in [0.25, 0.3) is 11.8 Å². The second-order valence-corrected chi connectivity index (χ2v) is 6.70. The van der Waals surface area contributed by atoms with Gasteiger partial charge in [0.05, 0.1) is 17.7 Å². The number of hydrazine groups is 1. The first-order valence-electron chi connectivity index (χ1n) is 7.85. The lowest BCUT2D eigenvalue weighted by atomic mass is 10.1. The van der Waals surface area contributed by atoms with Gasteiger partial charge in [0.1, 0.15) is 0 Å². The lowest BCUT2D eigenvalue weighted by Crippen LogP contribution is -2.45. The van der Waals surface area contributed by atoms with E-state index in [1.807, 2.05) is 0 Å². The van der Waals surface area contributed by atoms with Gasteiger partial charge >= 0.3 is 6.18 Å². The average molecular weight is 444 g/mol. The Morgan fingerprint density at radius 2 is 1.67 bits per heavy atom. The van der Waals surface area contributed by atoms with Crippen LogP contribution in [-0.2, 0) is 17.5 Å². The van der Waals surface area contributed by atoms with Crippen molar-refractivity contribution in [3.8, 4) is 0 Å². The van der Waals surface area contributed by atoms with Gasteiger partial charge in [-0.05, 0) is 52.8 Å². The van der Waals surface area contributed by atoms with Crippen LogP contribution in [0.25, 0.3) is 0 Å². The zero-order chi connectivity index (χ0) is 20.0. The van der Waals surface area contributed by atoms with Gasteiger partial charge < -0.3 is 0 Å². The number of rotatable bonds is 5. The first-order valence-corrected chi connectivity index (χ1v) is 8.64. The third-order valence-corrected chi connectivity index (χ3v) is 4.27. The molecule has 144 valence electrons. The van der Waals surface area contributed by atoms with Crippen molar-refractivity contribution in [2.24, 2.45) is 0 Å². The summed E-state index contributed by atoms with van der Waals surface area (Å²) in [5.41, 5.74) is 4.90. The van der Waals surface area contributed by atoms with Crippen LogP contribution in [0.4, 0.5) is 13.2 Å². The molecule has 9 heteroatoms. The van der Waals surface area contributed by atoms with Crippen LogP contribution in [0.2, 0.25) is 0 Å². The number of amides is 2. The first kappa shape index (κ1) is 20.9. The van der Waals surface area contributed by atoms with E-state index in [4.69, 9.17) is 0 Å². The number of carbonyl (C=O) groups excluding carboxylic acids is 2. The van der Waals surface area contributed by atoms with Crippen molar-refractivity contribution in [1.82, 2.24) is 15.8 Å². The van der Waals surface area contributed by atoms with E-state index in [9.17, 15) is 22.8 Å². The summed E-state index contributed by atoms with van der Waals surface area (Å²) in [6, 6.07) is 11.5. The predicted octanol–water partition coefficient (Wildman–Crippen LogP) is 3.36. The Bertz CT molecular complexity index is 810. The molecule has 0 spiro atoms. The molecular weight excluding hydrogens is 427 g/mol. The van der Waals surface area contributed by atoms with E-state index >= 15 is 0 Å². The summed E-state index contributed by atoms with van der Waals surface area (Å²) >= 11 is 3.25. The number of nitrogens with one attached hydrogen (secondary N) is 2. The summed E-state index contributed by atoms with van der Waals surface area (Å²) in [4.78, 5) is 25.5. The second-order valence-electron chi connectivity index (χ2n) is 5.85. The van der Waals surface area contributed by atoms with E-state index in [1.54, 1.807) is 36.2 Å². The van der Waals surface area contributed by atoms with E-state index in [2.05, 4.69) is 26.8 Å². The second kappa shape index (κ2) is 9.01. The molecule has 0 aromatic heterocycles. The molecule has 0 aliphatic rings. The molecule has 0 saturated carbocycles. The normalized spacial score (nSPS) is 11.3. The van der Waals surface area contributed by atoms with Gasteiger partial charge in [-0.3, -0.25) is 25.3 Å². The maximum Gasteiger partial charge on any atom is 0.416 e. The van der Waals surface area contributed by atoms with Gasteiger partial charge in [0, 0.05) is 11.0 Å². The van der Waals surface area contributed by atoms with Gasteiger partial charge in [-0.1, -0.05) is 24.3 Å². The standard InChI is InChI=1S/C18H17BrF3N3O2/c1-25(10-12-6-8-13(9-7-12)18(20,21)22)11-16(26)23-24-17(27)14-4-2-3-5-15(14)19/h2-9H,10-11H2,1H3,(H,23,26)(H,24,27). The summed E-state index contributed by atoms with van der Waals surface area (Å²) in [7, 11) is 1.65. The molecule has 2 aromatic carbocycles. The minimum absolute atomic E-state index is 0.0444. The Balaban J connectivity index is 1.81. The minimum atomic E-state index is -4.38. The van der Waals surface area contributed by atoms with Crippen molar-refractivity contribution in [2.45, 2.75) is 12.7 Å². The highest BCUT2D eigenvalue weighted by Crippen LogP contribution is 2.29. The Hall–Kier alpha value is -2.39. The zero-order valence-electron chi connectivity index (χ0n) is 14.3. The molecule has 0 atom stereocenters. The van der Waals surface area contributed by atoms with Crippen LogP contribution in [0.5, 0.6) is 0 Å². The lowest BCUT2D eigenvalue weighted by molar-refractivity contribution is -0.137. The van der Waals surface area contributed by atoms with Crippen LogP contribution >= 0.6 is 15.9 Å². The molecule has 0 radical (unpaired) electrons. The highest BCUT2D eigenvalue weighted by molar-refractivity contribution is 9.10. The van der Waals surface area contributed by atoms with Crippen molar-refractivity contribution < 1.29 is 22.8 Å². The molecule has 2 N–H and O–H groups in total. The topological polar surface area (TPSA) is 61.4 Å². The third kappa shape index (κ3) is 6.37. The Morgan fingerprint density at radius 1 is 1.04 bits per heavy atom. The Morgan fingerprint density at radius 3 is 2.26 bits per heavy atom. The number of hydrogen-bond acceptors (Lipinski definition) is 3. The molecule has 27 heavy (non-hydrogen) atoms. The van der Waals surface area contributed by atoms with E-state index in [-0.39, 0.29) is 13.1 Å². The molecule has 0 heterocycles. The fraction of sp³-hybridized carbons (Fsp3) is 0.222. The number of benzene rings is 2. The summed E-state index contributed by atoms with van der Waals surface area (Å²) in [6.07, 6.45) is -4.38. The smallest absolute Gasteiger partial charge is 0.293 e. The van der Waals surface area contributed by atoms with E-state index in [1.165, 1.54) is 12.1 Å². The summed E-state index contributed by atoms with van der Waals surface area (Å²) in [6.45, 7) is 0.237. The van der Waals surface area contributed by atoms with Crippen LogP contribution in [0.3, 0.4) is 0 Å². The van der Waals surface area contributed by atoms with Crippen LogP contribution in [0, 0.1) is 0 Å². The van der Waals surface area contributed by atoms with Crippen molar-refractivity contribution in [3.05, 3.63) is 69.7 Å². The number of alkyl halides is 3. The van der Waals surface area contributed by atoms with E-state index in [0.29, 0.717) is 15.6 Å². The molecular formula is C18H17BrF3N3O2. The van der Waals surface area contributed by atoms with E-state index in [0.717, 1.165) is 12.1 Å². The SMILES string of the molecule is CN(CC(=O)NNC(=O)c1ccccc1Br)Cc1ccc(C(F)(F)F)cc1. The Labute approximate surface area is 162 Å². The largest absolute Gasteiger partial charge is 0.416 e. The van der Waals surface area contributed by atoms with Crippen molar-refractivity contribution >= 4 is 27.7 Å². The number of hydrogen-bond donors (Lipinski definition) is 2. The molecule has 0 aliphatic carbocycles. The molecule has 0 aliphatic heterocycles. The van der Waals surface area contributed by atoms with Crippen LogP contribution in [-0.4, -0.2) is 30.3 Å². The number of carbonyl (C=O) groups is 2. The van der Waals surface area contributed by atoms with Crippen molar-refractivity contribution in [3.63, 3.8) is 0 Å². The number of nitrogens with zero attached hydrogens (tertiary/aromatic N) is 1. The van der Waals surface area contributed by atoms with Gasteiger partial charge in [-0.25, -0.2) is 0 Å². The summed E-state index contributed by atoms with van der Waals surface area (Å²) in [5.74, 6) is -0.925. The first-order chi connectivity index (χ1) is 12.7. The predicted molar refractivity (Wildman–Crippen MR) is 97.5 cm³/mol. The number of likely N-dealkylation sites (N-methyl/N-ethyl adjacent to an activating group) is 1. The highest BCUT2D eigenvalue weighted by atomic mass is 79.9. The van der Waals surface area contributed by atoms with Gasteiger partial charge in [0.15, 0.2) is 0 Å². The Kier molecular flexibility index (Phi) is 6.98. The molecule has 2 rings (SSSR count). The summed E-state index contributed by atoms with van der Waals surface area (Å²) < 4.78 is 38.2. The van der Waals surface area contributed by atoms with E-state index < -0.39 is 23.6 Å². The maximum absolute atomic E-state index is 12.6. The quantitative estimate of drug-likeness (QED) is 0.696. The lowest BCUT2D eigenvalue weighted by Gasteiger charge is -2.17. The fourth-order valence-electron chi connectivity index (χ4n) is 2.29. The molecule has 2 amide bonds. The fourth-order valence-corrected chi connectivity index (χ4v) is 2.76. The average Bonchev–Trinajstić information content (AvgIpc) is 2.59. The van der Waals surface area contributed by atoms with Crippen molar-refractivity contribution in [1.29, 1.82) is 0 Å². The van der Waals surface area contributed by atoms with Crippen LogP contribution in [0.15, 0.2) is 53.0 Å². The summed E-state index contributed by atoms with van der Waals surface area (Å²) in [5, 5.41) is 0. The molecule has 2 aromatic rings. The van der Waals surface area contributed by atoms with Gasteiger partial charge in [-0.2, -0.15) is 13.2 Å². The maximum atomic E-state index is 12.6. The van der Waals surface area contributed by atoms with Crippen LogP contribution < -0.4 is 10.9 Å². The molecule has 0 bridgehead atoms. The molecule has 0 saturated heterocycles. The highest BCUT2D eigenvalue weighted by Gasteiger charge is 2.29. The van der Waals surface area contributed by atoms with Gasteiger partial charge in [-0.15, -0.1) is 0 Å². The molecule has 5 nitrogen and oxygen atoms in total. The van der Waals surface area contributed by atoms with Crippen LogP contribution in [0.1, 0.15) is 21.5 Å². The number of halogens is 4. The zero-order valence-corrected chi connectivity index (χ0v) is 15.9. The van der Waals surface area contributed by atoms with Gasteiger partial charge in [0.2, 0.25) is 0 Å². The molecule has 0 fully saturated rings. The monoisotopic (exact) mass is 443 g/mol. The minimum Gasteiger partial charge on any atom is -0.293 e.